The Kier molecular flexibility index (Phi) is 5.38. The van der Waals surface area contributed by atoms with Crippen LogP contribution in [-0.4, -0.2) is 30.5 Å². The van der Waals surface area contributed by atoms with Crippen molar-refractivity contribution in [2.24, 2.45) is 0 Å². The monoisotopic (exact) mass is 404 g/mol. The van der Waals surface area contributed by atoms with Crippen LogP contribution >= 0.6 is 0 Å². The van der Waals surface area contributed by atoms with Gasteiger partial charge >= 0.3 is 0 Å². The van der Waals surface area contributed by atoms with Crippen LogP contribution in [0.4, 0.5) is 10.1 Å². The molecule has 0 aliphatic heterocycles. The van der Waals surface area contributed by atoms with Crippen molar-refractivity contribution >= 4 is 11.6 Å². The molecule has 0 unspecified atom stereocenters. The summed E-state index contributed by atoms with van der Waals surface area (Å²) < 4.78 is 16.7. The molecule has 0 aliphatic rings. The molecular weight excluding hydrogens is 383 g/mol. The number of rotatable bonds is 6. The Bertz CT molecular complexity index is 1170. The fourth-order valence-corrected chi connectivity index (χ4v) is 3.39. The van der Waals surface area contributed by atoms with E-state index < -0.39 is 0 Å². The Balaban J connectivity index is 1.52. The second kappa shape index (κ2) is 8.28. The third-order valence-corrected chi connectivity index (χ3v) is 4.94. The predicted octanol–water partition coefficient (Wildman–Crippen LogP) is 3.45. The summed E-state index contributed by atoms with van der Waals surface area (Å²) in [6.07, 6.45) is 3.30. The number of amides is 1. The molecular formula is C22H21FN6O. The fraction of sp³-hybridized carbons (Fsp3) is 0.182. The first kappa shape index (κ1) is 19.5. The highest BCUT2D eigenvalue weighted by atomic mass is 19.1. The number of aryl methyl sites for hydroxylation is 1. The molecule has 0 bridgehead atoms. The Morgan fingerprint density at radius 3 is 2.60 bits per heavy atom. The quantitative estimate of drug-likeness (QED) is 0.534. The number of hydrogen-bond donors (Lipinski definition) is 1. The summed E-state index contributed by atoms with van der Waals surface area (Å²) in [5, 5.41) is 11.6. The van der Waals surface area contributed by atoms with E-state index in [2.05, 4.69) is 20.5 Å². The first-order valence-corrected chi connectivity index (χ1v) is 9.52. The minimum absolute atomic E-state index is 0.133. The zero-order valence-electron chi connectivity index (χ0n) is 16.7. The maximum atomic E-state index is 13.2. The lowest BCUT2D eigenvalue weighted by Gasteiger charge is -2.11. The standard InChI is InChI=1S/C22H21FN6O/c1-15-20(16(2)29(27-15)19-9-7-18(23)8-10-19)11-22(30)26-21-6-4-3-5-17(21)12-28-14-24-13-25-28/h3-10,13-14H,11-12H2,1-2H3,(H,26,30). The van der Waals surface area contributed by atoms with Gasteiger partial charge in [0.25, 0.3) is 0 Å². The van der Waals surface area contributed by atoms with Gasteiger partial charge < -0.3 is 5.32 Å². The Labute approximate surface area is 173 Å². The molecule has 0 saturated heterocycles. The van der Waals surface area contributed by atoms with Crippen LogP contribution in [0, 0.1) is 19.7 Å². The first-order valence-electron chi connectivity index (χ1n) is 9.52. The van der Waals surface area contributed by atoms with Crippen molar-refractivity contribution in [1.29, 1.82) is 0 Å². The van der Waals surface area contributed by atoms with Gasteiger partial charge in [-0.05, 0) is 49.7 Å². The average molecular weight is 404 g/mol. The third kappa shape index (κ3) is 4.12. The van der Waals surface area contributed by atoms with Gasteiger partial charge in [-0.2, -0.15) is 10.2 Å². The van der Waals surface area contributed by atoms with E-state index in [-0.39, 0.29) is 18.1 Å². The minimum atomic E-state index is -0.301. The summed E-state index contributed by atoms with van der Waals surface area (Å²) in [6.45, 7) is 4.29. The van der Waals surface area contributed by atoms with Crippen molar-refractivity contribution in [2.75, 3.05) is 5.32 Å². The van der Waals surface area contributed by atoms with Crippen molar-refractivity contribution in [3.8, 4) is 5.69 Å². The van der Waals surface area contributed by atoms with Crippen LogP contribution in [0.3, 0.4) is 0 Å². The van der Waals surface area contributed by atoms with Crippen LogP contribution in [0.1, 0.15) is 22.5 Å². The topological polar surface area (TPSA) is 77.6 Å². The van der Waals surface area contributed by atoms with Crippen molar-refractivity contribution in [2.45, 2.75) is 26.8 Å². The van der Waals surface area contributed by atoms with Gasteiger partial charge in [0.05, 0.1) is 24.3 Å². The molecule has 30 heavy (non-hydrogen) atoms. The number of benzene rings is 2. The second-order valence-electron chi connectivity index (χ2n) is 7.01. The van der Waals surface area contributed by atoms with Crippen LogP contribution in [0.2, 0.25) is 0 Å². The molecule has 0 fully saturated rings. The summed E-state index contributed by atoms with van der Waals surface area (Å²) in [4.78, 5) is 16.7. The number of hydrogen-bond acceptors (Lipinski definition) is 4. The van der Waals surface area contributed by atoms with Gasteiger partial charge in [-0.25, -0.2) is 18.7 Å². The van der Waals surface area contributed by atoms with Crippen LogP contribution in [0.15, 0.2) is 61.2 Å². The van der Waals surface area contributed by atoms with Crippen LogP contribution in [0.5, 0.6) is 0 Å². The number of carbonyl (C=O) groups is 1. The van der Waals surface area contributed by atoms with E-state index in [4.69, 9.17) is 0 Å². The molecule has 8 heteroatoms. The lowest BCUT2D eigenvalue weighted by atomic mass is 10.1. The SMILES string of the molecule is Cc1nn(-c2ccc(F)cc2)c(C)c1CC(=O)Nc1ccccc1Cn1cncn1. The zero-order valence-corrected chi connectivity index (χ0v) is 16.7. The van der Waals surface area contributed by atoms with E-state index in [1.165, 1.54) is 18.5 Å². The molecule has 0 atom stereocenters. The van der Waals surface area contributed by atoms with Crippen LogP contribution in [-0.2, 0) is 17.8 Å². The summed E-state index contributed by atoms with van der Waals surface area (Å²) >= 11 is 0. The lowest BCUT2D eigenvalue weighted by molar-refractivity contribution is -0.115. The second-order valence-corrected chi connectivity index (χ2v) is 7.01. The largest absolute Gasteiger partial charge is 0.325 e. The molecule has 0 saturated carbocycles. The molecule has 2 aromatic carbocycles. The average Bonchev–Trinajstić information content (AvgIpc) is 3.34. The molecule has 1 N–H and O–H groups in total. The normalized spacial score (nSPS) is 10.9. The highest BCUT2D eigenvalue weighted by Gasteiger charge is 2.17. The molecule has 0 aliphatic carbocycles. The number of aromatic nitrogens is 5. The van der Waals surface area contributed by atoms with Gasteiger partial charge in [-0.1, -0.05) is 18.2 Å². The van der Waals surface area contributed by atoms with E-state index in [1.807, 2.05) is 38.1 Å². The number of anilines is 1. The van der Waals surface area contributed by atoms with Crippen molar-refractivity contribution in [3.05, 3.63) is 89.5 Å². The Hall–Kier alpha value is -3.81. The van der Waals surface area contributed by atoms with E-state index in [0.717, 1.165) is 33.9 Å². The van der Waals surface area contributed by atoms with Crippen LogP contribution < -0.4 is 5.32 Å². The lowest BCUT2D eigenvalue weighted by Crippen LogP contribution is -2.17. The molecule has 4 rings (SSSR count). The van der Waals surface area contributed by atoms with Gasteiger partial charge in [0.15, 0.2) is 0 Å². The maximum absolute atomic E-state index is 13.2. The summed E-state index contributed by atoms with van der Waals surface area (Å²) in [7, 11) is 0. The molecule has 7 nitrogen and oxygen atoms in total. The predicted molar refractivity (Wildman–Crippen MR) is 111 cm³/mol. The number of halogens is 1. The fourth-order valence-electron chi connectivity index (χ4n) is 3.39. The first-order chi connectivity index (χ1) is 14.5. The van der Waals surface area contributed by atoms with E-state index in [0.29, 0.717) is 6.54 Å². The van der Waals surface area contributed by atoms with Gasteiger partial charge in [0, 0.05) is 16.9 Å². The number of nitrogens with zero attached hydrogens (tertiary/aromatic N) is 5. The summed E-state index contributed by atoms with van der Waals surface area (Å²) in [5.74, 6) is -0.435. The highest BCUT2D eigenvalue weighted by Crippen LogP contribution is 2.21. The van der Waals surface area contributed by atoms with Crippen molar-refractivity contribution in [1.82, 2.24) is 24.5 Å². The maximum Gasteiger partial charge on any atom is 0.228 e. The highest BCUT2D eigenvalue weighted by molar-refractivity contribution is 5.93. The van der Waals surface area contributed by atoms with Gasteiger partial charge in [0.2, 0.25) is 5.91 Å². The molecule has 1 amide bonds. The summed E-state index contributed by atoms with van der Waals surface area (Å²) in [5.41, 5.74) is 4.89. The molecule has 4 aromatic rings. The van der Waals surface area contributed by atoms with Gasteiger partial charge in [0.1, 0.15) is 18.5 Å². The zero-order chi connectivity index (χ0) is 21.1. The smallest absolute Gasteiger partial charge is 0.228 e. The number of para-hydroxylation sites is 1. The number of carbonyl (C=O) groups excluding carboxylic acids is 1. The van der Waals surface area contributed by atoms with E-state index in [9.17, 15) is 9.18 Å². The molecule has 152 valence electrons. The van der Waals surface area contributed by atoms with Crippen molar-refractivity contribution < 1.29 is 9.18 Å². The van der Waals surface area contributed by atoms with E-state index in [1.54, 1.807) is 27.8 Å². The Morgan fingerprint density at radius 1 is 1.10 bits per heavy atom. The Morgan fingerprint density at radius 2 is 1.87 bits per heavy atom. The minimum Gasteiger partial charge on any atom is -0.325 e. The number of nitrogens with one attached hydrogen (secondary N) is 1. The molecule has 0 radical (unpaired) electrons. The van der Waals surface area contributed by atoms with Crippen LogP contribution in [0.25, 0.3) is 5.69 Å². The molecule has 2 aromatic heterocycles. The van der Waals surface area contributed by atoms with Crippen molar-refractivity contribution in [3.63, 3.8) is 0 Å². The van der Waals surface area contributed by atoms with Gasteiger partial charge in [-0.3, -0.25) is 4.79 Å². The molecule has 2 heterocycles. The summed E-state index contributed by atoms with van der Waals surface area (Å²) in [6, 6.07) is 13.7. The van der Waals surface area contributed by atoms with Gasteiger partial charge in [-0.15, -0.1) is 0 Å². The molecule has 0 spiro atoms. The third-order valence-electron chi connectivity index (χ3n) is 4.94. The van der Waals surface area contributed by atoms with E-state index >= 15 is 0 Å².